The van der Waals surface area contributed by atoms with Crippen molar-refractivity contribution >= 4 is 18.1 Å². The third-order valence-corrected chi connectivity index (χ3v) is 6.34. The van der Waals surface area contributed by atoms with E-state index >= 15 is 0 Å². The molecule has 4 rings (SSSR count). The lowest BCUT2D eigenvalue weighted by Crippen LogP contribution is -2.34. The summed E-state index contributed by atoms with van der Waals surface area (Å²) >= 11 is 0. The number of benzene rings is 2. The van der Waals surface area contributed by atoms with Crippen molar-refractivity contribution in [1.82, 2.24) is 0 Å². The third-order valence-electron chi connectivity index (χ3n) is 6.34. The van der Waals surface area contributed by atoms with E-state index in [1.165, 1.54) is 0 Å². The Labute approximate surface area is 181 Å². The van der Waals surface area contributed by atoms with Crippen LogP contribution >= 0.6 is 0 Å². The molecule has 6 heteroatoms. The van der Waals surface area contributed by atoms with Crippen LogP contribution in [0.5, 0.6) is 17.2 Å². The first-order valence-corrected chi connectivity index (χ1v) is 10.1. The van der Waals surface area contributed by atoms with Crippen molar-refractivity contribution < 1.29 is 28.8 Å². The van der Waals surface area contributed by atoms with E-state index in [4.69, 9.17) is 18.9 Å². The number of cyclic esters (lactones) is 1. The molecule has 0 unspecified atom stereocenters. The fraction of sp³-hybridized carbons (Fsp3) is 0.320. The maximum atomic E-state index is 12.8. The van der Waals surface area contributed by atoms with Crippen LogP contribution in [0.25, 0.3) is 12.2 Å². The number of carbonyl (C=O) groups is 1. The molecule has 0 bridgehead atoms. The molecule has 0 saturated carbocycles. The summed E-state index contributed by atoms with van der Waals surface area (Å²) in [5.74, 6) is -0.0812. The van der Waals surface area contributed by atoms with Crippen LogP contribution in [0.15, 0.2) is 37.4 Å². The maximum Gasteiger partial charge on any atom is 0.310 e. The van der Waals surface area contributed by atoms with E-state index < -0.39 is 12.0 Å². The zero-order valence-corrected chi connectivity index (χ0v) is 17.9. The fourth-order valence-electron chi connectivity index (χ4n) is 4.86. The number of fused-ring (bicyclic) bond motifs is 2. The Morgan fingerprint density at radius 1 is 0.968 bits per heavy atom. The minimum atomic E-state index is -0.817. The van der Waals surface area contributed by atoms with Crippen LogP contribution < -0.4 is 14.2 Å². The monoisotopic (exact) mass is 422 g/mol. The number of ether oxygens (including phenoxy) is 4. The van der Waals surface area contributed by atoms with E-state index in [0.29, 0.717) is 17.2 Å². The van der Waals surface area contributed by atoms with Gasteiger partial charge in [0.25, 0.3) is 0 Å². The first-order valence-electron chi connectivity index (χ1n) is 10.1. The molecule has 0 spiro atoms. The highest BCUT2D eigenvalue weighted by atomic mass is 16.5. The number of hydrogen-bond donors (Lipinski definition) is 1. The zero-order valence-electron chi connectivity index (χ0n) is 17.9. The van der Waals surface area contributed by atoms with Crippen molar-refractivity contribution in [1.29, 1.82) is 0 Å². The minimum Gasteiger partial charge on any atom is -0.493 e. The van der Waals surface area contributed by atoms with E-state index in [1.807, 2.05) is 24.3 Å². The van der Waals surface area contributed by atoms with E-state index in [0.717, 1.165) is 27.8 Å². The summed E-state index contributed by atoms with van der Waals surface area (Å²) in [5, 5.41) is 11.1. The van der Waals surface area contributed by atoms with Gasteiger partial charge >= 0.3 is 5.97 Å². The van der Waals surface area contributed by atoms with Gasteiger partial charge in [0.2, 0.25) is 5.75 Å². The first kappa shape index (κ1) is 21.0. The lowest BCUT2D eigenvalue weighted by atomic mass is 9.65. The van der Waals surface area contributed by atoms with Crippen LogP contribution in [0.2, 0.25) is 0 Å². The van der Waals surface area contributed by atoms with Crippen molar-refractivity contribution in [3.63, 3.8) is 0 Å². The topological polar surface area (TPSA) is 74.2 Å². The molecule has 1 aliphatic carbocycles. The highest BCUT2D eigenvalue weighted by Crippen LogP contribution is 2.53. The maximum absolute atomic E-state index is 12.8. The Bertz CT molecular complexity index is 1030. The van der Waals surface area contributed by atoms with E-state index in [9.17, 15) is 9.90 Å². The summed E-state index contributed by atoms with van der Waals surface area (Å²) in [5.41, 5.74) is 4.18. The molecule has 0 amide bonds. The molecule has 1 saturated heterocycles. The summed E-state index contributed by atoms with van der Waals surface area (Å²) < 4.78 is 21.9. The summed E-state index contributed by atoms with van der Waals surface area (Å²) in [6, 6.07) is 7.60. The number of hydrogen-bond acceptors (Lipinski definition) is 6. The van der Waals surface area contributed by atoms with E-state index in [1.54, 1.807) is 33.5 Å². The molecule has 2 aromatic rings. The average Bonchev–Trinajstić information content (AvgIpc) is 3.19. The number of aliphatic hydroxyl groups is 1. The van der Waals surface area contributed by atoms with Crippen molar-refractivity contribution in [2.75, 3.05) is 27.9 Å². The Kier molecular flexibility index (Phi) is 5.50. The molecule has 6 nitrogen and oxygen atoms in total. The lowest BCUT2D eigenvalue weighted by molar-refractivity contribution is -0.141. The van der Waals surface area contributed by atoms with Gasteiger partial charge in [0.05, 0.1) is 40.0 Å². The van der Waals surface area contributed by atoms with Crippen LogP contribution in [0.4, 0.5) is 0 Å². The summed E-state index contributed by atoms with van der Waals surface area (Å²) in [6.45, 7) is 7.96. The van der Waals surface area contributed by atoms with Gasteiger partial charge in [-0.25, -0.2) is 0 Å². The van der Waals surface area contributed by atoms with Crippen LogP contribution in [-0.2, 0) is 9.53 Å². The van der Waals surface area contributed by atoms with Crippen LogP contribution in [0, 0.1) is 11.8 Å². The molecule has 162 valence electrons. The summed E-state index contributed by atoms with van der Waals surface area (Å²) in [7, 11) is 4.65. The molecule has 1 N–H and O–H groups in total. The normalized spacial score (nSPS) is 23.9. The van der Waals surface area contributed by atoms with Gasteiger partial charge in [-0.2, -0.15) is 0 Å². The molecular weight excluding hydrogens is 396 g/mol. The van der Waals surface area contributed by atoms with Gasteiger partial charge in [-0.15, -0.1) is 0 Å². The van der Waals surface area contributed by atoms with E-state index in [2.05, 4.69) is 13.2 Å². The Balaban J connectivity index is 2.00. The molecule has 2 aliphatic rings. The molecule has 1 fully saturated rings. The van der Waals surface area contributed by atoms with Crippen molar-refractivity contribution in [3.05, 3.63) is 65.2 Å². The molecule has 0 aromatic heterocycles. The second-order valence-electron chi connectivity index (χ2n) is 7.72. The molecule has 1 aliphatic heterocycles. The zero-order chi connectivity index (χ0) is 22.3. The molecule has 0 radical (unpaired) electrons. The van der Waals surface area contributed by atoms with Gasteiger partial charge in [0.15, 0.2) is 11.5 Å². The highest BCUT2D eigenvalue weighted by molar-refractivity contribution is 5.79. The number of esters is 1. The molecule has 2 aromatic carbocycles. The molecular formula is C25H26O6. The number of rotatable bonds is 6. The SMILES string of the molecule is C=Cc1cc2c(cc1C=C)[C@H](O)[C@H]1COC(=O)[C@@H]1[C@@H]2c1cc(OC)c(OC)c(OC)c1. The highest BCUT2D eigenvalue weighted by Gasteiger charge is 2.51. The second-order valence-corrected chi connectivity index (χ2v) is 7.72. The number of carbonyl (C=O) groups excluding carboxylic acids is 1. The smallest absolute Gasteiger partial charge is 0.310 e. The van der Waals surface area contributed by atoms with Gasteiger partial charge in [0, 0.05) is 11.8 Å². The minimum absolute atomic E-state index is 0.178. The van der Waals surface area contributed by atoms with Gasteiger partial charge in [-0.1, -0.05) is 31.4 Å². The quantitative estimate of drug-likeness (QED) is 0.710. The summed E-state index contributed by atoms with van der Waals surface area (Å²) in [4.78, 5) is 12.8. The Hall–Kier alpha value is -3.25. The third kappa shape index (κ3) is 3.18. The fourth-order valence-corrected chi connectivity index (χ4v) is 4.86. The van der Waals surface area contributed by atoms with Gasteiger partial charge < -0.3 is 24.1 Å². The van der Waals surface area contributed by atoms with Crippen molar-refractivity contribution in [2.45, 2.75) is 12.0 Å². The van der Waals surface area contributed by atoms with Crippen LogP contribution in [0.1, 0.15) is 39.8 Å². The number of methoxy groups -OCH3 is 3. The van der Waals surface area contributed by atoms with Crippen LogP contribution in [0.3, 0.4) is 0 Å². The average molecular weight is 422 g/mol. The Morgan fingerprint density at radius 2 is 1.55 bits per heavy atom. The van der Waals surface area contributed by atoms with Crippen molar-refractivity contribution in [3.8, 4) is 17.2 Å². The lowest BCUT2D eigenvalue weighted by Gasteiger charge is -2.37. The standard InChI is InChI=1S/C25H26O6/c1-6-13-8-16-17(9-14(13)7-2)23(26)18-12-31-25(27)22(18)21(16)15-10-19(28-3)24(30-5)20(11-15)29-4/h6-11,18,21-23,26H,1-2,12H2,3-5H3/t18-,21+,22-,23-/m0/s1. The van der Waals surface area contributed by atoms with E-state index in [-0.39, 0.29) is 24.4 Å². The number of aliphatic hydroxyl groups excluding tert-OH is 1. The van der Waals surface area contributed by atoms with Crippen molar-refractivity contribution in [2.24, 2.45) is 11.8 Å². The van der Waals surface area contributed by atoms with Gasteiger partial charge in [-0.05, 0) is 46.0 Å². The second kappa shape index (κ2) is 8.12. The Morgan fingerprint density at radius 3 is 2.06 bits per heavy atom. The molecule has 1 heterocycles. The summed E-state index contributed by atoms with van der Waals surface area (Å²) in [6.07, 6.45) is 2.66. The largest absolute Gasteiger partial charge is 0.493 e. The molecule has 4 atom stereocenters. The predicted octanol–water partition coefficient (Wildman–Crippen LogP) is 3.97. The van der Waals surface area contributed by atoms with Gasteiger partial charge in [-0.3, -0.25) is 4.79 Å². The van der Waals surface area contributed by atoms with Gasteiger partial charge in [0.1, 0.15) is 0 Å². The molecule has 31 heavy (non-hydrogen) atoms. The predicted molar refractivity (Wildman–Crippen MR) is 117 cm³/mol. The van der Waals surface area contributed by atoms with Crippen LogP contribution in [-0.4, -0.2) is 39.0 Å². The first-order chi connectivity index (χ1) is 15.0.